The maximum Gasteiger partial charge on any atom is 0.206 e. The van der Waals surface area contributed by atoms with Gasteiger partial charge in [0.1, 0.15) is 16.2 Å². The van der Waals surface area contributed by atoms with Gasteiger partial charge in [-0.25, -0.2) is 9.97 Å². The molecule has 8 nitrogen and oxygen atoms in total. The Morgan fingerprint density at radius 1 is 1.31 bits per heavy atom. The summed E-state index contributed by atoms with van der Waals surface area (Å²) in [4.78, 5) is 22.5. The van der Waals surface area contributed by atoms with E-state index in [1.165, 1.54) is 0 Å². The van der Waals surface area contributed by atoms with Crippen molar-refractivity contribution < 1.29 is 14.1 Å². The zero-order valence-electron chi connectivity index (χ0n) is 14.6. The van der Waals surface area contributed by atoms with Gasteiger partial charge in [0.2, 0.25) is 5.58 Å². The Hall–Kier alpha value is -2.45. The molecule has 0 aromatic carbocycles. The molecular weight excluding hydrogens is 358 g/mol. The second kappa shape index (κ2) is 6.37. The predicted octanol–water partition coefficient (Wildman–Crippen LogP) is 2.70. The minimum absolute atomic E-state index is 0.0165. The fourth-order valence-electron chi connectivity index (χ4n) is 3.41. The Morgan fingerprint density at radius 2 is 2.04 bits per heavy atom. The van der Waals surface area contributed by atoms with E-state index in [0.29, 0.717) is 52.7 Å². The topological polar surface area (TPSA) is 86.3 Å². The number of carbonyl (C=O) groups is 1. The summed E-state index contributed by atoms with van der Waals surface area (Å²) >= 11 is 6.63. The zero-order valence-corrected chi connectivity index (χ0v) is 15.4. The van der Waals surface area contributed by atoms with E-state index in [9.17, 15) is 4.79 Å². The summed E-state index contributed by atoms with van der Waals surface area (Å²) in [5.74, 6) is 0.588. The molecule has 1 aliphatic heterocycles. The normalized spacial score (nSPS) is 20.7. The lowest BCUT2D eigenvalue weighted by atomic mass is 10.1. The van der Waals surface area contributed by atoms with Crippen LogP contribution in [0.1, 0.15) is 24.3 Å². The maximum atomic E-state index is 11.8. The smallest absolute Gasteiger partial charge is 0.206 e. The summed E-state index contributed by atoms with van der Waals surface area (Å²) in [5.41, 5.74) is 2.02. The average molecular weight is 376 g/mol. The number of anilines is 1. The van der Waals surface area contributed by atoms with E-state index in [1.807, 2.05) is 25.8 Å². The Morgan fingerprint density at radius 3 is 2.65 bits per heavy atom. The number of aromatic nitrogens is 4. The molecule has 2 atom stereocenters. The number of pyridine rings is 1. The molecule has 4 heterocycles. The summed E-state index contributed by atoms with van der Waals surface area (Å²) in [6.07, 6.45) is 4.19. The minimum Gasteiger partial charge on any atom is -0.372 e. The Labute approximate surface area is 154 Å². The highest BCUT2D eigenvalue weighted by molar-refractivity contribution is 6.38. The molecular formula is C17H18ClN5O3. The van der Waals surface area contributed by atoms with Crippen molar-refractivity contribution in [2.24, 2.45) is 7.05 Å². The first-order chi connectivity index (χ1) is 12.5. The molecule has 136 valence electrons. The number of rotatable bonds is 3. The van der Waals surface area contributed by atoms with Gasteiger partial charge >= 0.3 is 0 Å². The molecule has 26 heavy (non-hydrogen) atoms. The number of fused-ring (bicyclic) bond motifs is 1. The predicted molar refractivity (Wildman–Crippen MR) is 96.6 cm³/mol. The molecule has 3 aromatic rings. The van der Waals surface area contributed by atoms with Crippen molar-refractivity contribution in [2.75, 3.05) is 18.0 Å². The van der Waals surface area contributed by atoms with Crippen molar-refractivity contribution in [3.05, 3.63) is 23.1 Å². The summed E-state index contributed by atoms with van der Waals surface area (Å²) in [6.45, 7) is 5.18. The summed E-state index contributed by atoms with van der Waals surface area (Å²) in [5, 5.41) is 4.41. The van der Waals surface area contributed by atoms with E-state index < -0.39 is 0 Å². The van der Waals surface area contributed by atoms with E-state index in [2.05, 4.69) is 15.1 Å². The largest absolute Gasteiger partial charge is 0.372 e. The molecule has 0 bridgehead atoms. The first-order valence-electron chi connectivity index (χ1n) is 8.31. The molecule has 0 N–H and O–H groups in total. The second-order valence-electron chi connectivity index (χ2n) is 6.51. The van der Waals surface area contributed by atoms with E-state index >= 15 is 0 Å². The number of hydrogen-bond acceptors (Lipinski definition) is 7. The maximum absolute atomic E-state index is 11.8. The number of aldehydes is 1. The molecule has 0 spiro atoms. The van der Waals surface area contributed by atoms with Gasteiger partial charge in [-0.2, -0.15) is 0 Å². The molecule has 2 unspecified atom stereocenters. The highest BCUT2D eigenvalue weighted by Gasteiger charge is 2.30. The van der Waals surface area contributed by atoms with Crippen molar-refractivity contribution in [2.45, 2.75) is 26.1 Å². The molecule has 3 aromatic heterocycles. The van der Waals surface area contributed by atoms with Gasteiger partial charge in [-0.3, -0.25) is 4.79 Å². The van der Waals surface area contributed by atoms with Crippen molar-refractivity contribution in [1.29, 1.82) is 0 Å². The number of halogens is 1. The lowest BCUT2D eigenvalue weighted by Gasteiger charge is -2.37. The summed E-state index contributed by atoms with van der Waals surface area (Å²) in [6, 6.07) is 0. The molecule has 4 rings (SSSR count). The number of carbonyl (C=O) groups excluding carboxylic acids is 1. The fraction of sp³-hybridized carbons (Fsp3) is 0.412. The standard InChI is InChI=1S/C17H18ClN5O3/c1-9-6-23(7-10(2)25-9)15-11(8-24)20-13-14(17-19-4-5-22(17)3)21-26-16(13)12(15)18/h4-5,8-10H,6-7H2,1-3H3. The Bertz CT molecular complexity index is 972. The molecule has 0 aliphatic carbocycles. The first kappa shape index (κ1) is 17.0. The summed E-state index contributed by atoms with van der Waals surface area (Å²) in [7, 11) is 1.84. The van der Waals surface area contributed by atoms with Gasteiger partial charge in [0.15, 0.2) is 17.8 Å². The molecule has 0 radical (unpaired) electrons. The van der Waals surface area contributed by atoms with Crippen LogP contribution >= 0.6 is 11.6 Å². The molecule has 0 saturated carbocycles. The first-order valence-corrected chi connectivity index (χ1v) is 8.69. The van der Waals surface area contributed by atoms with Crippen LogP contribution in [0.5, 0.6) is 0 Å². The Kier molecular flexibility index (Phi) is 4.16. The number of morpholine rings is 1. The van der Waals surface area contributed by atoms with Crippen LogP contribution in [0.15, 0.2) is 16.9 Å². The third-order valence-corrected chi connectivity index (χ3v) is 4.78. The highest BCUT2D eigenvalue weighted by Crippen LogP contribution is 2.38. The van der Waals surface area contributed by atoms with Crippen LogP contribution in [0.25, 0.3) is 22.6 Å². The van der Waals surface area contributed by atoms with Gasteiger partial charge in [-0.05, 0) is 13.8 Å². The van der Waals surface area contributed by atoms with Crippen molar-refractivity contribution in [3.8, 4) is 11.5 Å². The SMILES string of the molecule is CC1CN(c2c(C=O)nc3c(-c4nccn4C)noc3c2Cl)CC(C)O1. The number of ether oxygens (including phenoxy) is 1. The number of aryl methyl sites for hydroxylation is 1. The van der Waals surface area contributed by atoms with Gasteiger partial charge in [0, 0.05) is 32.5 Å². The van der Waals surface area contributed by atoms with Crippen molar-refractivity contribution >= 4 is 34.7 Å². The average Bonchev–Trinajstić information content (AvgIpc) is 3.19. The number of hydrogen-bond donors (Lipinski definition) is 0. The highest BCUT2D eigenvalue weighted by atomic mass is 35.5. The summed E-state index contributed by atoms with van der Waals surface area (Å²) < 4.78 is 13.0. The molecule has 0 amide bonds. The van der Waals surface area contributed by atoms with Gasteiger partial charge in [0.25, 0.3) is 0 Å². The molecule has 1 saturated heterocycles. The Balaban J connectivity index is 1.89. The van der Waals surface area contributed by atoms with Crippen LogP contribution < -0.4 is 4.90 Å². The van der Waals surface area contributed by atoms with Gasteiger partial charge < -0.3 is 18.7 Å². The van der Waals surface area contributed by atoms with Crippen LogP contribution in [-0.2, 0) is 11.8 Å². The third kappa shape index (κ3) is 2.65. The number of imidazole rings is 1. The van der Waals surface area contributed by atoms with Gasteiger partial charge in [-0.15, -0.1) is 0 Å². The number of nitrogens with zero attached hydrogens (tertiary/aromatic N) is 5. The molecule has 1 aliphatic rings. The fourth-order valence-corrected chi connectivity index (χ4v) is 3.75. The molecule has 1 fully saturated rings. The van der Waals surface area contributed by atoms with Crippen LogP contribution in [0.2, 0.25) is 5.02 Å². The zero-order chi connectivity index (χ0) is 18.4. The van der Waals surface area contributed by atoms with Gasteiger partial charge in [-0.1, -0.05) is 16.8 Å². The van der Waals surface area contributed by atoms with Crippen LogP contribution in [0.3, 0.4) is 0 Å². The van der Waals surface area contributed by atoms with Crippen LogP contribution in [0.4, 0.5) is 5.69 Å². The monoisotopic (exact) mass is 375 g/mol. The third-order valence-electron chi connectivity index (χ3n) is 4.43. The van der Waals surface area contributed by atoms with E-state index in [-0.39, 0.29) is 17.9 Å². The lowest BCUT2D eigenvalue weighted by Crippen LogP contribution is -2.46. The molecule has 9 heteroatoms. The van der Waals surface area contributed by atoms with Gasteiger partial charge in [0.05, 0.1) is 17.9 Å². The van der Waals surface area contributed by atoms with Crippen molar-refractivity contribution in [3.63, 3.8) is 0 Å². The quantitative estimate of drug-likeness (QED) is 0.650. The van der Waals surface area contributed by atoms with Crippen LogP contribution in [-0.4, -0.2) is 51.3 Å². The van der Waals surface area contributed by atoms with E-state index in [1.54, 1.807) is 17.0 Å². The second-order valence-corrected chi connectivity index (χ2v) is 6.89. The van der Waals surface area contributed by atoms with Crippen LogP contribution in [0, 0.1) is 0 Å². The van der Waals surface area contributed by atoms with E-state index in [4.69, 9.17) is 20.9 Å². The lowest BCUT2D eigenvalue weighted by molar-refractivity contribution is -0.00526. The minimum atomic E-state index is 0.0165. The van der Waals surface area contributed by atoms with E-state index in [0.717, 1.165) is 0 Å². The van der Waals surface area contributed by atoms with Crippen molar-refractivity contribution in [1.82, 2.24) is 19.7 Å².